The highest BCUT2D eigenvalue weighted by Gasteiger charge is 2.22. The lowest BCUT2D eigenvalue weighted by molar-refractivity contribution is 0.154. The van der Waals surface area contributed by atoms with Gasteiger partial charge in [-0.05, 0) is 30.0 Å². The van der Waals surface area contributed by atoms with E-state index in [9.17, 15) is 4.39 Å². The standard InChI is InChI=1S/C15H23FN2/c1-12(2)11-15(18-9-7-17-8-10-18)13-3-5-14(16)6-4-13/h3-6,12,15,17H,7-11H2,1-2H3/t15-/m0/s1. The van der Waals surface area contributed by atoms with Gasteiger partial charge in [-0.2, -0.15) is 0 Å². The third-order valence-electron chi connectivity index (χ3n) is 3.54. The number of halogens is 1. The van der Waals surface area contributed by atoms with Crippen molar-refractivity contribution in [1.82, 2.24) is 10.2 Å². The zero-order valence-corrected chi connectivity index (χ0v) is 11.3. The quantitative estimate of drug-likeness (QED) is 0.884. The molecule has 0 unspecified atom stereocenters. The Morgan fingerprint density at radius 2 is 1.78 bits per heavy atom. The molecule has 2 nitrogen and oxygen atoms in total. The molecule has 1 aliphatic rings. The number of hydrogen-bond acceptors (Lipinski definition) is 2. The van der Waals surface area contributed by atoms with Crippen LogP contribution in [0.1, 0.15) is 31.9 Å². The van der Waals surface area contributed by atoms with Gasteiger partial charge in [0.25, 0.3) is 0 Å². The molecule has 0 amide bonds. The Morgan fingerprint density at radius 1 is 1.17 bits per heavy atom. The van der Waals surface area contributed by atoms with Gasteiger partial charge in [0.1, 0.15) is 5.82 Å². The van der Waals surface area contributed by atoms with Gasteiger partial charge in [-0.1, -0.05) is 26.0 Å². The fourth-order valence-electron chi connectivity index (χ4n) is 2.62. The molecule has 1 saturated heterocycles. The topological polar surface area (TPSA) is 15.3 Å². The van der Waals surface area contributed by atoms with Crippen molar-refractivity contribution in [2.24, 2.45) is 5.92 Å². The van der Waals surface area contributed by atoms with Crippen molar-refractivity contribution < 1.29 is 4.39 Å². The fraction of sp³-hybridized carbons (Fsp3) is 0.600. The zero-order chi connectivity index (χ0) is 13.0. The maximum Gasteiger partial charge on any atom is 0.123 e. The summed E-state index contributed by atoms with van der Waals surface area (Å²) < 4.78 is 13.0. The zero-order valence-electron chi connectivity index (χ0n) is 11.3. The van der Waals surface area contributed by atoms with Crippen molar-refractivity contribution in [3.05, 3.63) is 35.6 Å². The molecule has 1 N–H and O–H groups in total. The molecular weight excluding hydrogens is 227 g/mol. The summed E-state index contributed by atoms with van der Waals surface area (Å²) in [4.78, 5) is 2.52. The first kappa shape index (κ1) is 13.5. The Kier molecular flexibility index (Phi) is 4.72. The average molecular weight is 250 g/mol. The van der Waals surface area contributed by atoms with E-state index in [4.69, 9.17) is 0 Å². The van der Waals surface area contributed by atoms with Crippen LogP contribution in [0, 0.1) is 11.7 Å². The van der Waals surface area contributed by atoms with Crippen LogP contribution < -0.4 is 5.32 Å². The molecule has 0 radical (unpaired) electrons. The Morgan fingerprint density at radius 3 is 2.33 bits per heavy atom. The number of nitrogens with one attached hydrogen (secondary N) is 1. The van der Waals surface area contributed by atoms with Crippen LogP contribution in [0.2, 0.25) is 0 Å². The van der Waals surface area contributed by atoms with Crippen molar-refractivity contribution in [1.29, 1.82) is 0 Å². The first-order valence-electron chi connectivity index (χ1n) is 6.87. The van der Waals surface area contributed by atoms with Gasteiger partial charge in [-0.3, -0.25) is 4.90 Å². The lowest BCUT2D eigenvalue weighted by Gasteiger charge is -2.36. The van der Waals surface area contributed by atoms with Crippen molar-refractivity contribution in [2.45, 2.75) is 26.3 Å². The Hall–Kier alpha value is -0.930. The predicted molar refractivity (Wildman–Crippen MR) is 73.0 cm³/mol. The molecule has 1 atom stereocenters. The summed E-state index contributed by atoms with van der Waals surface area (Å²) in [7, 11) is 0. The minimum Gasteiger partial charge on any atom is -0.314 e. The largest absolute Gasteiger partial charge is 0.314 e. The van der Waals surface area contributed by atoms with E-state index in [1.54, 1.807) is 12.1 Å². The van der Waals surface area contributed by atoms with Gasteiger partial charge in [0.15, 0.2) is 0 Å². The first-order chi connectivity index (χ1) is 8.66. The molecule has 0 bridgehead atoms. The van der Waals surface area contributed by atoms with Gasteiger partial charge < -0.3 is 5.32 Å². The predicted octanol–water partition coefficient (Wildman–Crippen LogP) is 2.82. The Bertz CT molecular complexity index is 355. The molecule has 0 aromatic heterocycles. The molecular formula is C15H23FN2. The number of benzene rings is 1. The summed E-state index contributed by atoms with van der Waals surface area (Å²) in [6, 6.07) is 7.44. The third kappa shape index (κ3) is 3.53. The van der Waals surface area contributed by atoms with Gasteiger partial charge in [-0.15, -0.1) is 0 Å². The van der Waals surface area contributed by atoms with E-state index in [1.807, 2.05) is 12.1 Å². The molecule has 1 heterocycles. The second-order valence-corrected chi connectivity index (χ2v) is 5.48. The van der Waals surface area contributed by atoms with E-state index < -0.39 is 0 Å². The van der Waals surface area contributed by atoms with Crippen molar-refractivity contribution in [3.8, 4) is 0 Å². The van der Waals surface area contributed by atoms with Crippen molar-refractivity contribution in [2.75, 3.05) is 26.2 Å². The summed E-state index contributed by atoms with van der Waals surface area (Å²) in [6.07, 6.45) is 1.13. The van der Waals surface area contributed by atoms with Gasteiger partial charge >= 0.3 is 0 Å². The van der Waals surface area contributed by atoms with Crippen LogP contribution in [0.15, 0.2) is 24.3 Å². The highest BCUT2D eigenvalue weighted by Crippen LogP contribution is 2.28. The molecule has 2 rings (SSSR count). The van der Waals surface area contributed by atoms with Gasteiger partial charge in [-0.25, -0.2) is 4.39 Å². The molecule has 3 heteroatoms. The van der Waals surface area contributed by atoms with Gasteiger partial charge in [0.2, 0.25) is 0 Å². The lowest BCUT2D eigenvalue weighted by Crippen LogP contribution is -2.45. The Balaban J connectivity index is 2.15. The highest BCUT2D eigenvalue weighted by molar-refractivity contribution is 5.20. The van der Waals surface area contributed by atoms with Crippen LogP contribution in [-0.2, 0) is 0 Å². The molecule has 0 aliphatic carbocycles. The second-order valence-electron chi connectivity index (χ2n) is 5.48. The summed E-state index contributed by atoms with van der Waals surface area (Å²) in [5, 5.41) is 3.38. The lowest BCUT2D eigenvalue weighted by atomic mass is 9.95. The average Bonchev–Trinajstić information content (AvgIpc) is 2.38. The number of rotatable bonds is 4. The number of piperazine rings is 1. The van der Waals surface area contributed by atoms with Crippen LogP contribution in [0.5, 0.6) is 0 Å². The number of nitrogens with zero attached hydrogens (tertiary/aromatic N) is 1. The van der Waals surface area contributed by atoms with Gasteiger partial charge in [0.05, 0.1) is 0 Å². The molecule has 0 saturated carbocycles. The Labute approximate surface area is 109 Å². The van der Waals surface area contributed by atoms with Crippen LogP contribution in [0.3, 0.4) is 0 Å². The van der Waals surface area contributed by atoms with Crippen LogP contribution in [-0.4, -0.2) is 31.1 Å². The normalized spacial score (nSPS) is 19.1. The van der Waals surface area contributed by atoms with Crippen LogP contribution >= 0.6 is 0 Å². The first-order valence-corrected chi connectivity index (χ1v) is 6.87. The van der Waals surface area contributed by atoms with E-state index in [0.717, 1.165) is 32.6 Å². The molecule has 1 aromatic carbocycles. The van der Waals surface area contributed by atoms with E-state index in [0.29, 0.717) is 12.0 Å². The van der Waals surface area contributed by atoms with E-state index in [-0.39, 0.29) is 5.82 Å². The summed E-state index contributed by atoms with van der Waals surface area (Å²) in [6.45, 7) is 8.76. The minimum absolute atomic E-state index is 0.151. The van der Waals surface area contributed by atoms with E-state index in [2.05, 4.69) is 24.1 Å². The molecule has 18 heavy (non-hydrogen) atoms. The molecule has 1 fully saturated rings. The molecule has 1 aromatic rings. The van der Waals surface area contributed by atoms with Crippen molar-refractivity contribution in [3.63, 3.8) is 0 Å². The maximum absolute atomic E-state index is 13.0. The number of hydrogen-bond donors (Lipinski definition) is 1. The molecule has 0 spiro atoms. The summed E-state index contributed by atoms with van der Waals surface area (Å²) in [5.74, 6) is 0.497. The van der Waals surface area contributed by atoms with Crippen molar-refractivity contribution >= 4 is 0 Å². The van der Waals surface area contributed by atoms with E-state index in [1.165, 1.54) is 5.56 Å². The fourth-order valence-corrected chi connectivity index (χ4v) is 2.62. The van der Waals surface area contributed by atoms with Gasteiger partial charge in [0, 0.05) is 32.2 Å². The monoisotopic (exact) mass is 250 g/mol. The van der Waals surface area contributed by atoms with Crippen LogP contribution in [0.25, 0.3) is 0 Å². The maximum atomic E-state index is 13.0. The highest BCUT2D eigenvalue weighted by atomic mass is 19.1. The molecule has 1 aliphatic heterocycles. The smallest absolute Gasteiger partial charge is 0.123 e. The molecule has 100 valence electrons. The summed E-state index contributed by atoms with van der Waals surface area (Å²) >= 11 is 0. The second kappa shape index (κ2) is 6.30. The SMILES string of the molecule is CC(C)C[C@@H](c1ccc(F)cc1)N1CCNCC1. The third-order valence-corrected chi connectivity index (χ3v) is 3.54. The van der Waals surface area contributed by atoms with E-state index >= 15 is 0 Å². The van der Waals surface area contributed by atoms with Crippen LogP contribution in [0.4, 0.5) is 4.39 Å². The summed E-state index contributed by atoms with van der Waals surface area (Å²) in [5.41, 5.74) is 1.24. The minimum atomic E-state index is -0.151.